The second-order valence-corrected chi connectivity index (χ2v) is 5.68. The Morgan fingerprint density at radius 2 is 1.62 bits per heavy atom. The van der Waals surface area contributed by atoms with Crippen molar-refractivity contribution >= 4 is 23.7 Å². The van der Waals surface area contributed by atoms with Crippen molar-refractivity contribution in [3.8, 4) is 0 Å². The highest BCUT2D eigenvalue weighted by molar-refractivity contribution is 6.15. The molecule has 0 spiro atoms. The molecule has 0 atom stereocenters. The number of hydrogen-bond donors (Lipinski definition) is 2. The van der Waals surface area contributed by atoms with Crippen molar-refractivity contribution < 1.29 is 23.9 Å². The topological polar surface area (TPSA) is 116 Å². The third-order valence-corrected chi connectivity index (χ3v) is 3.63. The smallest absolute Gasteiger partial charge is 0.339 e. The van der Waals surface area contributed by atoms with Gasteiger partial charge in [0.15, 0.2) is 12.4 Å². The maximum Gasteiger partial charge on any atom is 0.339 e. The minimum atomic E-state index is -1.04. The molecule has 3 N–H and O–H groups in total. The van der Waals surface area contributed by atoms with E-state index in [9.17, 15) is 19.2 Å². The summed E-state index contributed by atoms with van der Waals surface area (Å²) < 4.78 is 4.86. The van der Waals surface area contributed by atoms with Gasteiger partial charge >= 0.3 is 12.0 Å². The van der Waals surface area contributed by atoms with E-state index in [-0.39, 0.29) is 16.9 Å². The third-order valence-electron chi connectivity index (χ3n) is 3.63. The van der Waals surface area contributed by atoms with Gasteiger partial charge in [-0.05, 0) is 31.5 Å². The van der Waals surface area contributed by atoms with E-state index in [1.165, 1.54) is 12.1 Å². The van der Waals surface area contributed by atoms with Crippen LogP contribution in [0.4, 0.5) is 4.79 Å². The van der Waals surface area contributed by atoms with Crippen LogP contribution in [0.5, 0.6) is 0 Å². The number of benzene rings is 2. The van der Waals surface area contributed by atoms with E-state index in [2.05, 4.69) is 0 Å². The van der Waals surface area contributed by atoms with E-state index in [1.807, 2.05) is 26.0 Å². The first kappa shape index (κ1) is 18.9. The molecule has 2 aromatic carbocycles. The minimum Gasteiger partial charge on any atom is -0.452 e. The predicted octanol–water partition coefficient (Wildman–Crippen LogP) is 1.89. The number of aryl methyl sites for hydroxylation is 2. The molecule has 134 valence electrons. The number of nitrogens with two attached hydrogens (primary N) is 1. The SMILES string of the molecule is Cc1ccc(C)c(C(=O)c2ccccc2C(=O)OCC(=O)NC(N)=O)c1. The van der Waals surface area contributed by atoms with E-state index >= 15 is 0 Å². The van der Waals surface area contributed by atoms with Crippen LogP contribution in [0.2, 0.25) is 0 Å². The molecule has 2 aromatic rings. The van der Waals surface area contributed by atoms with Gasteiger partial charge < -0.3 is 10.5 Å². The largest absolute Gasteiger partial charge is 0.452 e. The molecular weight excluding hydrogens is 336 g/mol. The van der Waals surface area contributed by atoms with Crippen LogP contribution in [0.25, 0.3) is 0 Å². The van der Waals surface area contributed by atoms with Gasteiger partial charge in [-0.1, -0.05) is 35.9 Å². The lowest BCUT2D eigenvalue weighted by molar-refractivity contribution is -0.123. The van der Waals surface area contributed by atoms with Gasteiger partial charge in [0, 0.05) is 11.1 Å². The van der Waals surface area contributed by atoms with Crippen molar-refractivity contribution in [2.75, 3.05) is 6.61 Å². The fourth-order valence-electron chi connectivity index (χ4n) is 2.37. The summed E-state index contributed by atoms with van der Waals surface area (Å²) in [4.78, 5) is 47.1. The number of rotatable bonds is 5. The molecule has 3 amide bonds. The van der Waals surface area contributed by atoms with Crippen LogP contribution in [-0.2, 0) is 9.53 Å². The van der Waals surface area contributed by atoms with Gasteiger partial charge in [0.25, 0.3) is 5.91 Å². The summed E-state index contributed by atoms with van der Waals surface area (Å²) in [5.74, 6) is -2.02. The highest BCUT2D eigenvalue weighted by Crippen LogP contribution is 2.19. The number of primary amides is 1. The Balaban J connectivity index is 2.25. The molecule has 0 unspecified atom stereocenters. The van der Waals surface area contributed by atoms with Crippen molar-refractivity contribution in [2.24, 2.45) is 5.73 Å². The number of esters is 1. The zero-order valence-corrected chi connectivity index (χ0v) is 14.4. The zero-order valence-electron chi connectivity index (χ0n) is 14.4. The van der Waals surface area contributed by atoms with E-state index in [1.54, 1.807) is 23.5 Å². The van der Waals surface area contributed by atoms with Gasteiger partial charge in [0.2, 0.25) is 0 Å². The molecular formula is C19H18N2O5. The Morgan fingerprint density at radius 1 is 0.962 bits per heavy atom. The Bertz CT molecular complexity index is 889. The molecule has 7 nitrogen and oxygen atoms in total. The van der Waals surface area contributed by atoms with Gasteiger partial charge in [-0.25, -0.2) is 9.59 Å². The monoisotopic (exact) mass is 354 g/mol. The van der Waals surface area contributed by atoms with Crippen molar-refractivity contribution in [2.45, 2.75) is 13.8 Å². The van der Waals surface area contributed by atoms with E-state index in [0.29, 0.717) is 5.56 Å². The van der Waals surface area contributed by atoms with Crippen LogP contribution in [-0.4, -0.2) is 30.3 Å². The molecule has 0 saturated heterocycles. The molecule has 0 saturated carbocycles. The van der Waals surface area contributed by atoms with Gasteiger partial charge in [-0.15, -0.1) is 0 Å². The Morgan fingerprint density at radius 3 is 2.27 bits per heavy atom. The average molecular weight is 354 g/mol. The number of carbonyl (C=O) groups excluding carboxylic acids is 4. The van der Waals surface area contributed by atoms with Crippen LogP contribution < -0.4 is 11.1 Å². The molecule has 26 heavy (non-hydrogen) atoms. The number of carbonyl (C=O) groups is 4. The van der Waals surface area contributed by atoms with Crippen LogP contribution in [0.1, 0.15) is 37.4 Å². The zero-order chi connectivity index (χ0) is 19.3. The number of nitrogens with one attached hydrogen (secondary N) is 1. The van der Waals surface area contributed by atoms with Crippen molar-refractivity contribution in [1.82, 2.24) is 5.32 Å². The minimum absolute atomic E-state index is 0.0327. The summed E-state index contributed by atoms with van der Waals surface area (Å²) >= 11 is 0. The van der Waals surface area contributed by atoms with E-state index in [0.717, 1.165) is 11.1 Å². The summed E-state index contributed by atoms with van der Waals surface area (Å²) in [5, 5.41) is 1.78. The Labute approximate surface area is 150 Å². The maximum absolute atomic E-state index is 12.9. The first-order valence-electron chi connectivity index (χ1n) is 7.77. The quantitative estimate of drug-likeness (QED) is 0.628. The van der Waals surface area contributed by atoms with Crippen molar-refractivity contribution in [1.29, 1.82) is 0 Å². The van der Waals surface area contributed by atoms with Gasteiger partial charge in [-0.2, -0.15) is 0 Å². The summed E-state index contributed by atoms with van der Waals surface area (Å²) in [7, 11) is 0. The molecule has 0 radical (unpaired) electrons. The molecule has 0 fully saturated rings. The highest BCUT2D eigenvalue weighted by atomic mass is 16.5. The number of ether oxygens (including phenoxy) is 1. The van der Waals surface area contributed by atoms with Crippen molar-refractivity contribution in [3.63, 3.8) is 0 Å². The molecule has 0 aromatic heterocycles. The normalized spacial score (nSPS) is 10.1. The second kappa shape index (κ2) is 8.06. The third kappa shape index (κ3) is 4.54. The number of imide groups is 1. The van der Waals surface area contributed by atoms with Crippen LogP contribution in [0, 0.1) is 13.8 Å². The summed E-state index contributed by atoms with van der Waals surface area (Å²) in [6.45, 7) is 2.99. The summed E-state index contributed by atoms with van der Waals surface area (Å²) in [6.07, 6.45) is 0. The van der Waals surface area contributed by atoms with E-state index < -0.39 is 24.5 Å². The molecule has 0 heterocycles. The number of amides is 3. The molecule has 7 heteroatoms. The Kier molecular flexibility index (Phi) is 5.85. The van der Waals surface area contributed by atoms with Crippen LogP contribution in [0.15, 0.2) is 42.5 Å². The van der Waals surface area contributed by atoms with Crippen LogP contribution in [0.3, 0.4) is 0 Å². The lowest BCUT2D eigenvalue weighted by Gasteiger charge is -2.11. The highest BCUT2D eigenvalue weighted by Gasteiger charge is 2.21. The summed E-state index contributed by atoms with van der Waals surface area (Å²) in [5.41, 5.74) is 7.19. The van der Waals surface area contributed by atoms with Gasteiger partial charge in [0.05, 0.1) is 5.56 Å². The Hall–Kier alpha value is -3.48. The fourth-order valence-corrected chi connectivity index (χ4v) is 2.37. The molecule has 0 aliphatic carbocycles. The van der Waals surface area contributed by atoms with E-state index in [4.69, 9.17) is 10.5 Å². The first-order chi connectivity index (χ1) is 12.3. The predicted molar refractivity (Wildman–Crippen MR) is 93.8 cm³/mol. The lowest BCUT2D eigenvalue weighted by Crippen LogP contribution is -2.37. The lowest BCUT2D eigenvalue weighted by atomic mass is 9.94. The van der Waals surface area contributed by atoms with Gasteiger partial charge in [0.1, 0.15) is 0 Å². The number of hydrogen-bond acceptors (Lipinski definition) is 5. The molecule has 0 aliphatic heterocycles. The van der Waals surface area contributed by atoms with Crippen LogP contribution >= 0.6 is 0 Å². The van der Waals surface area contributed by atoms with Crippen molar-refractivity contribution in [3.05, 3.63) is 70.3 Å². The molecule has 2 rings (SSSR count). The fraction of sp³-hybridized carbons (Fsp3) is 0.158. The number of urea groups is 1. The average Bonchev–Trinajstić information content (AvgIpc) is 2.60. The summed E-state index contributed by atoms with van der Waals surface area (Å²) in [6, 6.07) is 10.6. The maximum atomic E-state index is 12.9. The number of ketones is 1. The standard InChI is InChI=1S/C19H18N2O5/c1-11-7-8-12(2)15(9-11)17(23)13-5-3-4-6-14(13)18(24)26-10-16(22)21-19(20)25/h3-9H,10H2,1-2H3,(H3,20,21,22,25). The molecule has 0 aliphatic rings. The second-order valence-electron chi connectivity index (χ2n) is 5.68. The van der Waals surface area contributed by atoms with Gasteiger partial charge in [-0.3, -0.25) is 14.9 Å². The molecule has 0 bridgehead atoms. The first-order valence-corrected chi connectivity index (χ1v) is 7.77.